The van der Waals surface area contributed by atoms with Gasteiger partial charge in [0.2, 0.25) is 0 Å². The van der Waals surface area contributed by atoms with E-state index in [0.29, 0.717) is 0 Å². The van der Waals surface area contributed by atoms with Crippen LogP contribution in [0.25, 0.3) is 0 Å². The molecule has 2 amide bonds. The number of nitrogens with one attached hydrogen (secondary N) is 1. The van der Waals surface area contributed by atoms with Crippen molar-refractivity contribution in [3.63, 3.8) is 0 Å². The van der Waals surface area contributed by atoms with E-state index >= 15 is 0 Å². The number of carbonyl (C=O) groups excluding carboxylic acids is 1. The Morgan fingerprint density at radius 2 is 2.14 bits per heavy atom. The van der Waals surface area contributed by atoms with E-state index in [-0.39, 0.29) is 11.7 Å². The molecule has 7 heteroatoms. The van der Waals surface area contributed by atoms with Crippen molar-refractivity contribution in [1.82, 2.24) is 4.90 Å². The maximum absolute atomic E-state index is 13.5. The van der Waals surface area contributed by atoms with Crippen LogP contribution in [0.1, 0.15) is 23.7 Å². The smallest absolute Gasteiger partial charge is 0.340 e. The van der Waals surface area contributed by atoms with E-state index in [1.165, 1.54) is 17.0 Å². The second kappa shape index (κ2) is 7.87. The number of anilines is 1. The Hall–Kier alpha value is -1.76. The Morgan fingerprint density at radius 3 is 2.67 bits per heavy atom. The van der Waals surface area contributed by atoms with Crippen LogP contribution < -0.4 is 5.32 Å². The summed E-state index contributed by atoms with van der Waals surface area (Å²) in [5.74, 6) is -1.52. The molecule has 1 aromatic rings. The number of benzene rings is 1. The third kappa shape index (κ3) is 4.35. The van der Waals surface area contributed by atoms with Crippen molar-refractivity contribution in [3.8, 4) is 0 Å². The second-order valence-electron chi connectivity index (χ2n) is 4.53. The molecule has 0 aliphatic rings. The van der Waals surface area contributed by atoms with Gasteiger partial charge in [-0.2, -0.15) is 11.8 Å². The molecule has 0 saturated heterocycles. The number of rotatable bonds is 6. The molecule has 1 atom stereocenters. The van der Waals surface area contributed by atoms with Gasteiger partial charge in [0.1, 0.15) is 11.4 Å². The summed E-state index contributed by atoms with van der Waals surface area (Å²) in [5.41, 5.74) is -0.574. The number of nitrogens with zero attached hydrogens (tertiary/aromatic N) is 1. The predicted molar refractivity (Wildman–Crippen MR) is 82.6 cm³/mol. The normalized spacial score (nSPS) is 11.8. The van der Waals surface area contributed by atoms with Crippen molar-refractivity contribution >= 4 is 29.4 Å². The minimum atomic E-state index is -1.41. The van der Waals surface area contributed by atoms with Crippen LogP contribution in [0.4, 0.5) is 14.9 Å². The predicted octanol–water partition coefficient (Wildman–Crippen LogP) is 3.13. The topological polar surface area (TPSA) is 69.6 Å². The van der Waals surface area contributed by atoms with Gasteiger partial charge in [-0.15, -0.1) is 0 Å². The zero-order chi connectivity index (χ0) is 16.0. The minimum absolute atomic E-state index is 0.0295. The Labute approximate surface area is 127 Å². The fraction of sp³-hybridized carbons (Fsp3) is 0.429. The number of urea groups is 1. The summed E-state index contributed by atoms with van der Waals surface area (Å²) in [6, 6.07) is 3.35. The maximum atomic E-state index is 13.5. The fourth-order valence-electron chi connectivity index (χ4n) is 1.91. The van der Waals surface area contributed by atoms with Gasteiger partial charge < -0.3 is 15.3 Å². The highest BCUT2D eigenvalue weighted by molar-refractivity contribution is 7.98. The minimum Gasteiger partial charge on any atom is -0.478 e. The van der Waals surface area contributed by atoms with Crippen LogP contribution in [-0.4, -0.2) is 47.1 Å². The van der Waals surface area contributed by atoms with Gasteiger partial charge in [-0.3, -0.25) is 0 Å². The van der Waals surface area contributed by atoms with Crippen LogP contribution in [-0.2, 0) is 0 Å². The van der Waals surface area contributed by atoms with Crippen LogP contribution in [0, 0.1) is 5.82 Å². The van der Waals surface area contributed by atoms with Gasteiger partial charge in [0.05, 0.1) is 5.69 Å². The number of halogens is 1. The molecule has 116 valence electrons. The summed E-state index contributed by atoms with van der Waals surface area (Å²) in [6.07, 6.45) is 2.73. The number of carboxylic acid groups (broad SMARTS) is 1. The number of amides is 2. The summed E-state index contributed by atoms with van der Waals surface area (Å²) in [4.78, 5) is 24.7. The molecule has 5 nitrogen and oxygen atoms in total. The van der Waals surface area contributed by atoms with Crippen molar-refractivity contribution in [2.45, 2.75) is 19.4 Å². The zero-order valence-corrected chi connectivity index (χ0v) is 13.0. The summed E-state index contributed by atoms with van der Waals surface area (Å²) < 4.78 is 13.5. The molecule has 0 aromatic heterocycles. The zero-order valence-electron chi connectivity index (χ0n) is 12.2. The van der Waals surface area contributed by atoms with Crippen LogP contribution in [0.5, 0.6) is 0 Å². The molecular formula is C14H19FN2O3S. The molecule has 0 fully saturated rings. The first-order chi connectivity index (χ1) is 9.92. The molecule has 0 spiro atoms. The van der Waals surface area contributed by atoms with E-state index in [1.54, 1.807) is 18.8 Å². The van der Waals surface area contributed by atoms with Crippen LogP contribution in [0.15, 0.2) is 18.2 Å². The van der Waals surface area contributed by atoms with E-state index < -0.39 is 23.4 Å². The summed E-state index contributed by atoms with van der Waals surface area (Å²) in [5, 5.41) is 11.5. The molecule has 0 radical (unpaired) electrons. The van der Waals surface area contributed by atoms with Crippen LogP contribution in [0.2, 0.25) is 0 Å². The van der Waals surface area contributed by atoms with Gasteiger partial charge in [-0.1, -0.05) is 13.0 Å². The molecule has 1 aromatic carbocycles. The van der Waals surface area contributed by atoms with Crippen LogP contribution >= 0.6 is 11.8 Å². The van der Waals surface area contributed by atoms with Crippen molar-refractivity contribution in [2.24, 2.45) is 0 Å². The third-order valence-corrected chi connectivity index (χ3v) is 3.89. The van der Waals surface area contributed by atoms with Gasteiger partial charge in [-0.05, 0) is 24.8 Å². The summed E-state index contributed by atoms with van der Waals surface area (Å²) in [6.45, 7) is 1.97. The second-order valence-corrected chi connectivity index (χ2v) is 5.44. The fourth-order valence-corrected chi connectivity index (χ4v) is 2.75. The van der Waals surface area contributed by atoms with E-state index in [4.69, 9.17) is 5.11 Å². The molecule has 2 N–H and O–H groups in total. The molecular weight excluding hydrogens is 295 g/mol. The molecule has 0 aliphatic heterocycles. The average molecular weight is 314 g/mol. The quantitative estimate of drug-likeness (QED) is 0.846. The lowest BCUT2D eigenvalue weighted by atomic mass is 10.1. The van der Waals surface area contributed by atoms with Gasteiger partial charge in [0.15, 0.2) is 0 Å². The summed E-state index contributed by atoms with van der Waals surface area (Å²) in [7, 11) is 1.64. The molecule has 0 heterocycles. The Bertz CT molecular complexity index is 525. The van der Waals surface area contributed by atoms with Gasteiger partial charge >= 0.3 is 12.0 Å². The first kappa shape index (κ1) is 17.3. The van der Waals surface area contributed by atoms with Crippen molar-refractivity contribution in [2.75, 3.05) is 24.4 Å². The number of aromatic carboxylic acids is 1. The van der Waals surface area contributed by atoms with Crippen molar-refractivity contribution < 1.29 is 19.1 Å². The maximum Gasteiger partial charge on any atom is 0.340 e. The van der Waals surface area contributed by atoms with Crippen LogP contribution in [0.3, 0.4) is 0 Å². The molecule has 0 aliphatic carbocycles. The number of carboxylic acids is 1. The van der Waals surface area contributed by atoms with E-state index in [9.17, 15) is 14.0 Å². The van der Waals surface area contributed by atoms with Crippen molar-refractivity contribution in [3.05, 3.63) is 29.6 Å². The van der Waals surface area contributed by atoms with Gasteiger partial charge in [0.25, 0.3) is 0 Å². The molecule has 1 unspecified atom stereocenters. The number of hydrogen-bond donors (Lipinski definition) is 2. The highest BCUT2D eigenvalue weighted by atomic mass is 32.2. The number of carbonyl (C=O) groups is 2. The largest absolute Gasteiger partial charge is 0.478 e. The third-order valence-electron chi connectivity index (χ3n) is 3.17. The molecule has 0 bridgehead atoms. The lowest BCUT2D eigenvalue weighted by Crippen LogP contribution is -2.41. The Morgan fingerprint density at radius 1 is 1.48 bits per heavy atom. The Balaban J connectivity index is 2.93. The lowest BCUT2D eigenvalue weighted by molar-refractivity contribution is 0.0693. The average Bonchev–Trinajstić information content (AvgIpc) is 2.43. The van der Waals surface area contributed by atoms with E-state index in [1.807, 2.05) is 13.2 Å². The van der Waals surface area contributed by atoms with Crippen molar-refractivity contribution in [1.29, 1.82) is 0 Å². The lowest BCUT2D eigenvalue weighted by Gasteiger charge is -2.27. The van der Waals surface area contributed by atoms with E-state index in [0.717, 1.165) is 18.2 Å². The number of thioether (sulfide) groups is 1. The first-order valence-corrected chi connectivity index (χ1v) is 7.86. The highest BCUT2D eigenvalue weighted by Gasteiger charge is 2.21. The molecule has 1 rings (SSSR count). The molecule has 0 saturated carbocycles. The standard InChI is InChI=1S/C14H19FN2O3S/c1-4-9(8-21-3)17(2)14(20)16-11-7-5-6-10(15)12(11)13(18)19/h5-7,9H,4,8H2,1-3H3,(H,16,20)(H,18,19). The highest BCUT2D eigenvalue weighted by Crippen LogP contribution is 2.20. The number of hydrogen-bond acceptors (Lipinski definition) is 3. The van der Waals surface area contributed by atoms with Gasteiger partial charge in [0, 0.05) is 18.8 Å². The SMILES string of the molecule is CCC(CSC)N(C)C(=O)Nc1cccc(F)c1C(=O)O. The Kier molecular flexibility index (Phi) is 6.48. The summed E-state index contributed by atoms with van der Waals surface area (Å²) >= 11 is 1.62. The first-order valence-electron chi connectivity index (χ1n) is 6.46. The monoisotopic (exact) mass is 314 g/mol. The molecule has 21 heavy (non-hydrogen) atoms. The van der Waals surface area contributed by atoms with E-state index in [2.05, 4.69) is 5.32 Å². The van der Waals surface area contributed by atoms with Gasteiger partial charge in [-0.25, -0.2) is 14.0 Å².